The lowest BCUT2D eigenvalue weighted by molar-refractivity contribution is -0.131. The summed E-state index contributed by atoms with van der Waals surface area (Å²) in [5.41, 5.74) is 2.69. The zero-order valence-corrected chi connectivity index (χ0v) is 12.1. The number of fused-ring (bicyclic) bond motifs is 1. The predicted octanol–water partition coefficient (Wildman–Crippen LogP) is 3.90. The van der Waals surface area contributed by atoms with Crippen molar-refractivity contribution in [2.24, 2.45) is 0 Å². The molecule has 2 nitrogen and oxygen atoms in total. The maximum absolute atomic E-state index is 13.0. The monoisotopic (exact) mass is 304 g/mol. The van der Waals surface area contributed by atoms with E-state index >= 15 is 0 Å². The molecule has 0 N–H and O–H groups in total. The Hall–Kier alpha value is -1.71. The second-order valence-electron chi connectivity index (χ2n) is 5.08. The first-order chi connectivity index (χ1) is 10.1. The first-order valence-electron chi connectivity index (χ1n) is 6.81. The summed E-state index contributed by atoms with van der Waals surface area (Å²) < 4.78 is 18.7. The van der Waals surface area contributed by atoms with E-state index in [4.69, 9.17) is 16.3 Å². The molecule has 1 aliphatic rings. The fourth-order valence-corrected chi connectivity index (χ4v) is 2.84. The minimum Gasteiger partial charge on any atom is -0.365 e. The third-order valence-corrected chi connectivity index (χ3v) is 4.02. The lowest BCUT2D eigenvalue weighted by Gasteiger charge is -2.25. The van der Waals surface area contributed by atoms with Crippen LogP contribution in [-0.4, -0.2) is 12.4 Å². The summed E-state index contributed by atoms with van der Waals surface area (Å²) >= 11 is 5.98. The maximum Gasteiger partial charge on any atom is 0.170 e. The molecular formula is C17H14ClFO2. The van der Waals surface area contributed by atoms with E-state index in [0.717, 1.165) is 17.5 Å². The normalized spacial score (nSPS) is 17.3. The van der Waals surface area contributed by atoms with Gasteiger partial charge in [0.15, 0.2) is 5.78 Å². The minimum atomic E-state index is -0.559. The number of carbonyl (C=O) groups excluding carboxylic acids is 1. The highest BCUT2D eigenvalue weighted by molar-refractivity contribution is 6.31. The Kier molecular flexibility index (Phi) is 4.04. The molecule has 1 aliphatic heterocycles. The van der Waals surface area contributed by atoms with Crippen LogP contribution in [0.25, 0.3) is 0 Å². The van der Waals surface area contributed by atoms with Crippen LogP contribution in [0.15, 0.2) is 42.5 Å². The van der Waals surface area contributed by atoms with Gasteiger partial charge in [0.1, 0.15) is 11.9 Å². The number of hydrogen-bond acceptors (Lipinski definition) is 2. The first-order valence-corrected chi connectivity index (χ1v) is 7.19. The molecule has 0 saturated heterocycles. The van der Waals surface area contributed by atoms with Crippen molar-refractivity contribution in [2.45, 2.75) is 18.9 Å². The van der Waals surface area contributed by atoms with Gasteiger partial charge in [0, 0.05) is 11.4 Å². The Labute approximate surface area is 127 Å². The van der Waals surface area contributed by atoms with Gasteiger partial charge >= 0.3 is 0 Å². The van der Waals surface area contributed by atoms with E-state index < -0.39 is 11.9 Å². The Morgan fingerprint density at radius 3 is 2.90 bits per heavy atom. The van der Waals surface area contributed by atoms with Gasteiger partial charge in [0.05, 0.1) is 6.61 Å². The summed E-state index contributed by atoms with van der Waals surface area (Å²) in [5.74, 6) is -0.467. The Balaban J connectivity index is 1.83. The molecule has 0 spiro atoms. The van der Waals surface area contributed by atoms with Crippen molar-refractivity contribution in [3.05, 3.63) is 70.0 Å². The first kappa shape index (κ1) is 14.2. The Bertz CT molecular complexity index is 684. The SMILES string of the molecule is O=C(Cc1ccc(F)cc1Cl)C1OCCc2ccccc21. The molecule has 2 aromatic carbocycles. The van der Waals surface area contributed by atoms with Crippen molar-refractivity contribution in [3.8, 4) is 0 Å². The number of halogens is 2. The second-order valence-corrected chi connectivity index (χ2v) is 5.49. The Morgan fingerprint density at radius 1 is 1.29 bits per heavy atom. The second kappa shape index (κ2) is 5.96. The highest BCUT2D eigenvalue weighted by atomic mass is 35.5. The Morgan fingerprint density at radius 2 is 2.10 bits per heavy atom. The molecule has 0 saturated carbocycles. The van der Waals surface area contributed by atoms with Crippen molar-refractivity contribution in [3.63, 3.8) is 0 Å². The number of ether oxygens (including phenoxy) is 1. The molecule has 1 unspecified atom stereocenters. The highest BCUT2D eigenvalue weighted by Crippen LogP contribution is 2.29. The van der Waals surface area contributed by atoms with Crippen molar-refractivity contribution in [1.82, 2.24) is 0 Å². The molecule has 3 rings (SSSR count). The third-order valence-electron chi connectivity index (χ3n) is 3.67. The van der Waals surface area contributed by atoms with Gasteiger partial charge in [-0.15, -0.1) is 0 Å². The molecular weight excluding hydrogens is 291 g/mol. The maximum atomic E-state index is 13.0. The largest absolute Gasteiger partial charge is 0.365 e. The van der Waals surface area contributed by atoms with Crippen molar-refractivity contribution in [1.29, 1.82) is 0 Å². The van der Waals surface area contributed by atoms with Crippen LogP contribution in [0.4, 0.5) is 4.39 Å². The quantitative estimate of drug-likeness (QED) is 0.859. The topological polar surface area (TPSA) is 26.3 Å². The molecule has 21 heavy (non-hydrogen) atoms. The molecule has 1 heterocycles. The predicted molar refractivity (Wildman–Crippen MR) is 79.0 cm³/mol. The number of carbonyl (C=O) groups is 1. The summed E-state index contributed by atoms with van der Waals surface area (Å²) in [7, 11) is 0. The summed E-state index contributed by atoms with van der Waals surface area (Å²) in [5, 5.41) is 0.271. The molecule has 108 valence electrons. The summed E-state index contributed by atoms with van der Waals surface area (Å²) in [6.07, 6.45) is 0.395. The van der Waals surface area contributed by atoms with Gasteiger partial charge in [-0.25, -0.2) is 4.39 Å². The lowest BCUT2D eigenvalue weighted by Crippen LogP contribution is -2.24. The minimum absolute atomic E-state index is 0.0596. The summed E-state index contributed by atoms with van der Waals surface area (Å²) in [6, 6.07) is 11.9. The average molecular weight is 305 g/mol. The molecule has 4 heteroatoms. The average Bonchev–Trinajstić information content (AvgIpc) is 2.49. The van der Waals surface area contributed by atoms with Crippen LogP contribution in [-0.2, 0) is 22.4 Å². The smallest absolute Gasteiger partial charge is 0.170 e. The van der Waals surface area contributed by atoms with Gasteiger partial charge in [-0.1, -0.05) is 41.9 Å². The molecule has 0 bridgehead atoms. The fraction of sp³-hybridized carbons (Fsp3) is 0.235. The van der Waals surface area contributed by atoms with E-state index in [-0.39, 0.29) is 17.2 Å². The third kappa shape index (κ3) is 2.99. The van der Waals surface area contributed by atoms with E-state index in [0.29, 0.717) is 12.2 Å². The van der Waals surface area contributed by atoms with Crippen molar-refractivity contribution < 1.29 is 13.9 Å². The van der Waals surface area contributed by atoms with Gasteiger partial charge < -0.3 is 4.74 Å². The van der Waals surface area contributed by atoms with Crippen molar-refractivity contribution in [2.75, 3.05) is 6.61 Å². The number of Topliss-reactive ketones (excluding diaryl/α,β-unsaturated/α-hetero) is 1. The van der Waals surface area contributed by atoms with Crippen LogP contribution in [0, 0.1) is 5.82 Å². The van der Waals surface area contributed by atoms with Crippen LogP contribution >= 0.6 is 11.6 Å². The molecule has 0 aromatic heterocycles. The van der Waals surface area contributed by atoms with E-state index in [1.54, 1.807) is 6.07 Å². The zero-order chi connectivity index (χ0) is 14.8. The van der Waals surface area contributed by atoms with Gasteiger partial charge in [0.2, 0.25) is 0 Å². The van der Waals surface area contributed by atoms with E-state index in [1.807, 2.05) is 24.3 Å². The molecule has 2 aromatic rings. The standard InChI is InChI=1S/C17H14ClFO2/c18-15-10-13(19)6-5-12(15)9-16(20)17-14-4-2-1-3-11(14)7-8-21-17/h1-6,10,17H,7-9H2. The van der Waals surface area contributed by atoms with Gasteiger partial charge in [-0.2, -0.15) is 0 Å². The van der Waals surface area contributed by atoms with Crippen LogP contribution < -0.4 is 0 Å². The lowest BCUT2D eigenvalue weighted by atomic mass is 9.93. The van der Waals surface area contributed by atoms with E-state index in [2.05, 4.69) is 0 Å². The van der Waals surface area contributed by atoms with Crippen LogP contribution in [0.3, 0.4) is 0 Å². The molecule has 0 amide bonds. The van der Waals surface area contributed by atoms with Gasteiger partial charge in [-0.05, 0) is 35.2 Å². The molecule has 1 atom stereocenters. The van der Waals surface area contributed by atoms with Gasteiger partial charge in [0.25, 0.3) is 0 Å². The number of benzene rings is 2. The van der Waals surface area contributed by atoms with Crippen LogP contribution in [0.2, 0.25) is 5.02 Å². The van der Waals surface area contributed by atoms with E-state index in [1.165, 1.54) is 12.1 Å². The molecule has 0 radical (unpaired) electrons. The summed E-state index contributed by atoms with van der Waals surface area (Å²) in [4.78, 5) is 12.5. The zero-order valence-electron chi connectivity index (χ0n) is 11.3. The number of rotatable bonds is 3. The van der Waals surface area contributed by atoms with Gasteiger partial charge in [-0.3, -0.25) is 4.79 Å². The summed E-state index contributed by atoms with van der Waals surface area (Å²) in [6.45, 7) is 0.532. The van der Waals surface area contributed by atoms with Crippen molar-refractivity contribution >= 4 is 17.4 Å². The number of hydrogen-bond donors (Lipinski definition) is 0. The fourth-order valence-electron chi connectivity index (χ4n) is 2.61. The van der Waals surface area contributed by atoms with E-state index in [9.17, 15) is 9.18 Å². The van der Waals surface area contributed by atoms with Crippen LogP contribution in [0.5, 0.6) is 0 Å². The van der Waals surface area contributed by atoms with Crippen LogP contribution in [0.1, 0.15) is 22.8 Å². The number of ketones is 1. The highest BCUT2D eigenvalue weighted by Gasteiger charge is 2.27. The molecule has 0 fully saturated rings. The molecule has 0 aliphatic carbocycles.